The van der Waals surface area contributed by atoms with E-state index in [1.165, 1.54) is 4.90 Å². The zero-order chi connectivity index (χ0) is 17.7. The first-order valence-corrected chi connectivity index (χ1v) is 7.99. The fourth-order valence-corrected chi connectivity index (χ4v) is 2.77. The van der Waals surface area contributed by atoms with Crippen LogP contribution in [0.25, 0.3) is 0 Å². The number of nitrogens with zero attached hydrogens (tertiary/aromatic N) is 1. The Bertz CT molecular complexity index is 653. The van der Waals surface area contributed by atoms with Crippen LogP contribution in [0, 0.1) is 5.92 Å². The number of anilines is 1. The molecule has 24 heavy (non-hydrogen) atoms. The van der Waals surface area contributed by atoms with Gasteiger partial charge in [-0.15, -0.1) is 0 Å². The van der Waals surface area contributed by atoms with Gasteiger partial charge in [0.1, 0.15) is 12.5 Å². The number of amides is 2. The third kappa shape index (κ3) is 4.59. The molecule has 0 aliphatic carbocycles. The van der Waals surface area contributed by atoms with E-state index in [-0.39, 0.29) is 19.1 Å². The maximum absolute atomic E-state index is 12.4. The van der Waals surface area contributed by atoms with E-state index >= 15 is 0 Å². The molecule has 1 aliphatic heterocycles. The van der Waals surface area contributed by atoms with Crippen molar-refractivity contribution in [1.82, 2.24) is 5.32 Å². The first-order chi connectivity index (χ1) is 11.4. The van der Waals surface area contributed by atoms with Gasteiger partial charge in [0, 0.05) is 18.1 Å². The van der Waals surface area contributed by atoms with E-state index in [2.05, 4.69) is 5.32 Å². The van der Waals surface area contributed by atoms with Crippen LogP contribution in [0.4, 0.5) is 5.69 Å². The fourth-order valence-electron chi connectivity index (χ4n) is 2.38. The average molecular weight is 375 g/mol. The van der Waals surface area contributed by atoms with E-state index in [0.717, 1.165) is 0 Å². The minimum Gasteiger partial charge on any atom is -0.480 e. The molecular weight excluding hydrogens is 359 g/mol. The number of carbonyl (C=O) groups is 3. The molecule has 0 radical (unpaired) electrons. The van der Waals surface area contributed by atoms with Gasteiger partial charge in [-0.05, 0) is 24.6 Å². The highest BCUT2D eigenvalue weighted by Crippen LogP contribution is 2.33. The summed E-state index contributed by atoms with van der Waals surface area (Å²) in [6.07, 6.45) is 0.365. The van der Waals surface area contributed by atoms with Crippen molar-refractivity contribution < 1.29 is 24.2 Å². The van der Waals surface area contributed by atoms with E-state index in [1.807, 2.05) is 0 Å². The van der Waals surface area contributed by atoms with Crippen LogP contribution in [0.5, 0.6) is 0 Å². The number of rotatable bonds is 7. The molecule has 1 fully saturated rings. The van der Waals surface area contributed by atoms with Crippen molar-refractivity contribution in [1.29, 1.82) is 0 Å². The van der Waals surface area contributed by atoms with Crippen molar-refractivity contribution >= 4 is 46.7 Å². The molecule has 2 amide bonds. The summed E-state index contributed by atoms with van der Waals surface area (Å²) in [6, 6.07) is 4.80. The van der Waals surface area contributed by atoms with Crippen LogP contribution >= 0.6 is 23.2 Å². The van der Waals surface area contributed by atoms with Crippen LogP contribution in [0.15, 0.2) is 18.2 Å². The smallest absolute Gasteiger partial charge is 0.329 e. The van der Waals surface area contributed by atoms with Crippen LogP contribution in [0.1, 0.15) is 6.42 Å². The zero-order valence-electron chi connectivity index (χ0n) is 12.6. The lowest BCUT2D eigenvalue weighted by Crippen LogP contribution is -2.38. The van der Waals surface area contributed by atoms with Gasteiger partial charge in [0.25, 0.3) is 0 Å². The van der Waals surface area contributed by atoms with Gasteiger partial charge >= 0.3 is 5.97 Å². The Morgan fingerprint density at radius 2 is 2.12 bits per heavy atom. The van der Waals surface area contributed by atoms with Gasteiger partial charge in [-0.25, -0.2) is 4.79 Å². The first kappa shape index (κ1) is 18.5. The number of carbonyl (C=O) groups excluding carboxylic acids is 2. The van der Waals surface area contributed by atoms with Crippen LogP contribution in [-0.2, 0) is 19.1 Å². The van der Waals surface area contributed by atoms with E-state index in [1.54, 1.807) is 18.2 Å². The average Bonchev–Trinajstić information content (AvgIpc) is 2.90. The molecule has 1 saturated heterocycles. The lowest BCUT2D eigenvalue weighted by molar-refractivity contribution is -0.142. The predicted molar refractivity (Wildman–Crippen MR) is 88.4 cm³/mol. The van der Waals surface area contributed by atoms with Crippen molar-refractivity contribution in [3.05, 3.63) is 28.2 Å². The lowest BCUT2D eigenvalue weighted by atomic mass is 10.1. The maximum Gasteiger partial charge on any atom is 0.329 e. The Balaban J connectivity index is 1.90. The lowest BCUT2D eigenvalue weighted by Gasteiger charge is -2.18. The molecule has 2 N–H and O–H groups in total. The summed E-state index contributed by atoms with van der Waals surface area (Å²) < 4.78 is 4.81. The molecule has 1 aromatic rings. The molecule has 1 atom stereocenters. The van der Waals surface area contributed by atoms with Crippen LogP contribution in [0.3, 0.4) is 0 Å². The number of hydrogen-bond donors (Lipinski definition) is 2. The second-order valence-corrected chi connectivity index (χ2v) is 6.01. The van der Waals surface area contributed by atoms with Crippen molar-refractivity contribution in [2.24, 2.45) is 5.92 Å². The second kappa shape index (κ2) is 8.32. The van der Waals surface area contributed by atoms with Crippen molar-refractivity contribution in [3.8, 4) is 0 Å². The first-order valence-electron chi connectivity index (χ1n) is 7.24. The summed E-state index contributed by atoms with van der Waals surface area (Å²) in [5, 5.41) is 11.8. The summed E-state index contributed by atoms with van der Waals surface area (Å²) in [4.78, 5) is 36.3. The molecule has 1 aromatic carbocycles. The number of benzene rings is 1. The molecule has 130 valence electrons. The summed E-state index contributed by atoms with van der Waals surface area (Å²) >= 11 is 12.0. The third-order valence-corrected chi connectivity index (χ3v) is 4.05. The fraction of sp³-hybridized carbons (Fsp3) is 0.400. The van der Waals surface area contributed by atoms with Crippen molar-refractivity contribution in [2.45, 2.75) is 6.42 Å². The Morgan fingerprint density at radius 3 is 2.83 bits per heavy atom. The number of carboxylic acid groups (broad SMARTS) is 1. The molecule has 0 bridgehead atoms. The van der Waals surface area contributed by atoms with Gasteiger partial charge in [-0.3, -0.25) is 9.59 Å². The highest BCUT2D eigenvalue weighted by Gasteiger charge is 2.38. The molecule has 9 heteroatoms. The number of aliphatic carboxylic acids is 1. The van der Waals surface area contributed by atoms with Gasteiger partial charge in [0.05, 0.1) is 17.3 Å². The quantitative estimate of drug-likeness (QED) is 0.557. The molecule has 2 rings (SSSR count). The van der Waals surface area contributed by atoms with Gasteiger partial charge in [0.15, 0.2) is 0 Å². The molecule has 0 aromatic heterocycles. The SMILES string of the molecule is O=C(O)COCCNC(=O)C1CCN(c2cc(Cl)ccc2Cl)C1=O. The molecular formula is C15H16Cl2N2O5. The molecule has 0 spiro atoms. The normalized spacial score (nSPS) is 17.2. The zero-order valence-corrected chi connectivity index (χ0v) is 14.1. The van der Waals surface area contributed by atoms with Crippen molar-refractivity contribution in [3.63, 3.8) is 0 Å². The third-order valence-electron chi connectivity index (χ3n) is 3.49. The monoisotopic (exact) mass is 374 g/mol. The highest BCUT2D eigenvalue weighted by molar-refractivity contribution is 6.36. The number of halogens is 2. The molecule has 1 aliphatic rings. The topological polar surface area (TPSA) is 95.9 Å². The van der Waals surface area contributed by atoms with Crippen LogP contribution < -0.4 is 10.2 Å². The molecule has 1 unspecified atom stereocenters. The molecule has 0 saturated carbocycles. The molecule has 1 heterocycles. The Hall–Kier alpha value is -1.83. The number of hydrogen-bond acceptors (Lipinski definition) is 4. The van der Waals surface area contributed by atoms with E-state index in [9.17, 15) is 14.4 Å². The van der Waals surface area contributed by atoms with Crippen LogP contribution in [-0.4, -0.2) is 49.2 Å². The predicted octanol–water partition coefficient (Wildman–Crippen LogP) is 1.56. The summed E-state index contributed by atoms with van der Waals surface area (Å²) in [7, 11) is 0. The summed E-state index contributed by atoms with van der Waals surface area (Å²) in [6.45, 7) is 0.127. The second-order valence-electron chi connectivity index (χ2n) is 5.16. The summed E-state index contributed by atoms with van der Waals surface area (Å²) in [5.74, 6) is -2.65. The van der Waals surface area contributed by atoms with Gasteiger partial charge in [0.2, 0.25) is 11.8 Å². The Labute approximate surface area is 148 Å². The molecule has 7 nitrogen and oxygen atoms in total. The highest BCUT2D eigenvalue weighted by atomic mass is 35.5. The Kier molecular flexibility index (Phi) is 6.42. The minimum absolute atomic E-state index is 0.0583. The van der Waals surface area contributed by atoms with Gasteiger partial charge in [-0.1, -0.05) is 23.2 Å². The summed E-state index contributed by atoms with van der Waals surface area (Å²) in [5.41, 5.74) is 0.481. The number of nitrogens with one attached hydrogen (secondary N) is 1. The van der Waals surface area contributed by atoms with E-state index < -0.39 is 24.4 Å². The number of carboxylic acids is 1. The maximum atomic E-state index is 12.4. The van der Waals surface area contributed by atoms with E-state index in [4.69, 9.17) is 33.0 Å². The van der Waals surface area contributed by atoms with Crippen LogP contribution in [0.2, 0.25) is 10.0 Å². The van der Waals surface area contributed by atoms with Gasteiger partial charge in [-0.2, -0.15) is 0 Å². The van der Waals surface area contributed by atoms with Gasteiger partial charge < -0.3 is 20.1 Å². The largest absolute Gasteiger partial charge is 0.480 e. The van der Waals surface area contributed by atoms with Crippen molar-refractivity contribution in [2.75, 3.05) is 31.2 Å². The number of ether oxygens (including phenoxy) is 1. The Morgan fingerprint density at radius 1 is 1.38 bits per heavy atom. The minimum atomic E-state index is -1.08. The van der Waals surface area contributed by atoms with E-state index in [0.29, 0.717) is 28.7 Å². The standard InChI is InChI=1S/C15H16Cl2N2O5/c16-9-1-2-11(17)12(7-9)19-5-3-10(15(19)23)14(22)18-4-6-24-8-13(20)21/h1-2,7,10H,3-6,8H2,(H,18,22)(H,20,21).